The molecule has 0 saturated carbocycles. The summed E-state index contributed by atoms with van der Waals surface area (Å²) >= 11 is 0. The average Bonchev–Trinajstić information content (AvgIpc) is 3.04. The summed E-state index contributed by atoms with van der Waals surface area (Å²) in [5.74, 6) is 0.910. The average molecular weight is 360 g/mol. The zero-order chi connectivity index (χ0) is 18.0. The van der Waals surface area contributed by atoms with E-state index < -0.39 is 0 Å². The van der Waals surface area contributed by atoms with Crippen molar-refractivity contribution < 1.29 is 14.3 Å². The number of rotatable bonds is 8. The van der Waals surface area contributed by atoms with Gasteiger partial charge in [0.2, 0.25) is 5.91 Å². The molecule has 2 aliphatic rings. The second-order valence-electron chi connectivity index (χ2n) is 7.38. The minimum absolute atomic E-state index is 0.0906. The highest BCUT2D eigenvalue weighted by molar-refractivity contribution is 5.90. The standard InChI is InChI=1S/C21H32N2O3/c24-21(8-5-15-23-13-3-1-2-4-14-23)22-18-9-11-19(12-10-18)26-17-20-7-6-16-25-20/h9-12,20H,1-8,13-17H2,(H,22,24). The van der Waals surface area contributed by atoms with E-state index in [0.29, 0.717) is 13.0 Å². The molecule has 2 fully saturated rings. The van der Waals surface area contributed by atoms with Crippen molar-refractivity contribution in [1.82, 2.24) is 4.90 Å². The summed E-state index contributed by atoms with van der Waals surface area (Å²) in [4.78, 5) is 14.6. The Kier molecular flexibility index (Phi) is 7.77. The van der Waals surface area contributed by atoms with Crippen LogP contribution < -0.4 is 10.1 Å². The van der Waals surface area contributed by atoms with Gasteiger partial charge in [-0.15, -0.1) is 0 Å². The van der Waals surface area contributed by atoms with Crippen LogP contribution in [0.1, 0.15) is 51.4 Å². The molecule has 1 amide bonds. The first kappa shape index (κ1) is 19.2. The molecule has 0 spiro atoms. The maximum absolute atomic E-state index is 12.1. The van der Waals surface area contributed by atoms with Crippen molar-refractivity contribution in [2.75, 3.05) is 38.2 Å². The van der Waals surface area contributed by atoms with E-state index in [0.717, 1.165) is 43.9 Å². The Hall–Kier alpha value is -1.59. The Balaban J connectivity index is 1.33. The molecule has 0 radical (unpaired) electrons. The highest BCUT2D eigenvalue weighted by atomic mass is 16.5. The number of nitrogens with zero attached hydrogens (tertiary/aromatic N) is 1. The van der Waals surface area contributed by atoms with Gasteiger partial charge in [0.05, 0.1) is 6.10 Å². The van der Waals surface area contributed by atoms with E-state index in [4.69, 9.17) is 9.47 Å². The van der Waals surface area contributed by atoms with Gasteiger partial charge in [0, 0.05) is 18.7 Å². The van der Waals surface area contributed by atoms with Crippen molar-refractivity contribution in [3.05, 3.63) is 24.3 Å². The van der Waals surface area contributed by atoms with Crippen molar-refractivity contribution in [3.63, 3.8) is 0 Å². The number of carbonyl (C=O) groups excluding carboxylic acids is 1. The number of nitrogens with one attached hydrogen (secondary N) is 1. The van der Waals surface area contributed by atoms with Gasteiger partial charge in [0.1, 0.15) is 12.4 Å². The van der Waals surface area contributed by atoms with Crippen LogP contribution >= 0.6 is 0 Å². The van der Waals surface area contributed by atoms with Gasteiger partial charge < -0.3 is 19.7 Å². The first-order chi connectivity index (χ1) is 12.8. The lowest BCUT2D eigenvalue weighted by Crippen LogP contribution is -2.26. The summed E-state index contributed by atoms with van der Waals surface area (Å²) in [7, 11) is 0. The second-order valence-corrected chi connectivity index (χ2v) is 7.38. The molecule has 1 N–H and O–H groups in total. The molecule has 2 aliphatic heterocycles. The Labute approximate surface area is 157 Å². The van der Waals surface area contributed by atoms with Crippen LogP contribution in [0.15, 0.2) is 24.3 Å². The van der Waals surface area contributed by atoms with E-state index in [2.05, 4.69) is 10.2 Å². The molecular formula is C21H32N2O3. The Bertz CT molecular complexity index is 533. The smallest absolute Gasteiger partial charge is 0.224 e. The van der Waals surface area contributed by atoms with Crippen molar-refractivity contribution in [2.24, 2.45) is 0 Å². The maximum atomic E-state index is 12.1. The predicted molar refractivity (Wildman–Crippen MR) is 104 cm³/mol. The van der Waals surface area contributed by atoms with Gasteiger partial charge in [0.15, 0.2) is 0 Å². The molecule has 5 nitrogen and oxygen atoms in total. The minimum Gasteiger partial charge on any atom is -0.491 e. The van der Waals surface area contributed by atoms with E-state index in [1.54, 1.807) is 0 Å². The molecule has 144 valence electrons. The van der Waals surface area contributed by atoms with Crippen molar-refractivity contribution in [3.8, 4) is 5.75 Å². The second kappa shape index (κ2) is 10.5. The zero-order valence-corrected chi connectivity index (χ0v) is 15.8. The topological polar surface area (TPSA) is 50.8 Å². The number of carbonyl (C=O) groups is 1. The van der Waals surface area contributed by atoms with Gasteiger partial charge in [-0.2, -0.15) is 0 Å². The lowest BCUT2D eigenvalue weighted by Gasteiger charge is -2.19. The minimum atomic E-state index is 0.0906. The van der Waals surface area contributed by atoms with Crippen LogP contribution in [0.4, 0.5) is 5.69 Å². The summed E-state index contributed by atoms with van der Waals surface area (Å²) < 4.78 is 11.3. The molecule has 5 heteroatoms. The van der Waals surface area contributed by atoms with E-state index in [-0.39, 0.29) is 12.0 Å². The number of amides is 1. The molecule has 2 heterocycles. The van der Waals surface area contributed by atoms with Crippen LogP contribution in [-0.4, -0.2) is 49.8 Å². The maximum Gasteiger partial charge on any atom is 0.224 e. The van der Waals surface area contributed by atoms with Gasteiger partial charge in [0.25, 0.3) is 0 Å². The van der Waals surface area contributed by atoms with Gasteiger partial charge in [-0.25, -0.2) is 0 Å². The molecule has 1 aromatic rings. The molecule has 1 unspecified atom stereocenters. The first-order valence-corrected chi connectivity index (χ1v) is 10.2. The summed E-state index contributed by atoms with van der Waals surface area (Å²) in [6, 6.07) is 7.61. The Morgan fingerprint density at radius 1 is 1.12 bits per heavy atom. The van der Waals surface area contributed by atoms with Crippen LogP contribution in [-0.2, 0) is 9.53 Å². The molecule has 26 heavy (non-hydrogen) atoms. The zero-order valence-electron chi connectivity index (χ0n) is 15.8. The molecule has 0 bridgehead atoms. The number of hydrogen-bond acceptors (Lipinski definition) is 4. The number of hydrogen-bond donors (Lipinski definition) is 1. The lowest BCUT2D eigenvalue weighted by molar-refractivity contribution is -0.116. The van der Waals surface area contributed by atoms with Crippen LogP contribution in [0.3, 0.4) is 0 Å². The monoisotopic (exact) mass is 360 g/mol. The van der Waals surface area contributed by atoms with Crippen molar-refractivity contribution >= 4 is 11.6 Å². The fourth-order valence-corrected chi connectivity index (χ4v) is 3.65. The number of ether oxygens (including phenoxy) is 2. The Morgan fingerprint density at radius 2 is 1.88 bits per heavy atom. The fraction of sp³-hybridized carbons (Fsp3) is 0.667. The predicted octanol–water partition coefficient (Wildman–Crippen LogP) is 3.84. The van der Waals surface area contributed by atoms with Crippen molar-refractivity contribution in [1.29, 1.82) is 0 Å². The summed E-state index contributed by atoms with van der Waals surface area (Å²) in [6.45, 7) is 4.85. The third-order valence-electron chi connectivity index (χ3n) is 5.17. The first-order valence-electron chi connectivity index (χ1n) is 10.2. The number of likely N-dealkylation sites (tertiary alicyclic amines) is 1. The number of benzene rings is 1. The third kappa shape index (κ3) is 6.61. The van der Waals surface area contributed by atoms with Gasteiger partial charge >= 0.3 is 0 Å². The summed E-state index contributed by atoms with van der Waals surface area (Å²) in [6.07, 6.45) is 9.22. The SMILES string of the molecule is O=C(CCCN1CCCCCC1)Nc1ccc(OCC2CCCO2)cc1. The van der Waals surface area contributed by atoms with Gasteiger partial charge in [-0.3, -0.25) is 4.79 Å². The van der Waals surface area contributed by atoms with Gasteiger partial charge in [-0.05, 0) is 76.0 Å². The van der Waals surface area contributed by atoms with E-state index in [9.17, 15) is 4.79 Å². The van der Waals surface area contributed by atoms with E-state index >= 15 is 0 Å². The fourth-order valence-electron chi connectivity index (χ4n) is 3.65. The molecule has 1 atom stereocenters. The molecule has 0 aromatic heterocycles. The molecule has 1 aromatic carbocycles. The molecular weight excluding hydrogens is 328 g/mol. The van der Waals surface area contributed by atoms with Crippen LogP contribution in [0.5, 0.6) is 5.75 Å². The largest absolute Gasteiger partial charge is 0.491 e. The highest BCUT2D eigenvalue weighted by Gasteiger charge is 2.16. The summed E-state index contributed by atoms with van der Waals surface area (Å²) in [5, 5.41) is 2.98. The highest BCUT2D eigenvalue weighted by Crippen LogP contribution is 2.19. The molecule has 2 saturated heterocycles. The Morgan fingerprint density at radius 3 is 2.58 bits per heavy atom. The molecule has 0 aliphatic carbocycles. The lowest BCUT2D eigenvalue weighted by atomic mass is 10.2. The summed E-state index contributed by atoms with van der Waals surface area (Å²) in [5.41, 5.74) is 0.828. The van der Waals surface area contributed by atoms with Crippen molar-refractivity contribution in [2.45, 2.75) is 57.5 Å². The number of anilines is 1. The van der Waals surface area contributed by atoms with Crippen LogP contribution in [0.2, 0.25) is 0 Å². The third-order valence-corrected chi connectivity index (χ3v) is 5.17. The van der Waals surface area contributed by atoms with E-state index in [1.807, 2.05) is 24.3 Å². The van der Waals surface area contributed by atoms with Gasteiger partial charge in [-0.1, -0.05) is 12.8 Å². The van der Waals surface area contributed by atoms with Crippen LogP contribution in [0, 0.1) is 0 Å². The normalized spacial score (nSPS) is 21.3. The molecule has 3 rings (SSSR count). The van der Waals surface area contributed by atoms with Crippen LogP contribution in [0.25, 0.3) is 0 Å². The quantitative estimate of drug-likeness (QED) is 0.765. The van der Waals surface area contributed by atoms with E-state index in [1.165, 1.54) is 38.8 Å².